The SMILES string of the molecule is COc1cc(C(=O)c2cn(Cc3ccccc3)nn2)cc(OC)c1OC. The number of nitrogens with zero attached hydrogens (tertiary/aromatic N) is 3. The van der Waals surface area contributed by atoms with E-state index in [1.165, 1.54) is 21.3 Å². The van der Waals surface area contributed by atoms with Gasteiger partial charge in [-0.05, 0) is 17.7 Å². The Morgan fingerprint density at radius 1 is 1.00 bits per heavy atom. The fraction of sp³-hybridized carbons (Fsp3) is 0.211. The summed E-state index contributed by atoms with van der Waals surface area (Å²) in [5.74, 6) is 0.974. The van der Waals surface area contributed by atoms with Gasteiger partial charge in [0.2, 0.25) is 11.5 Å². The average Bonchev–Trinajstić information content (AvgIpc) is 3.15. The van der Waals surface area contributed by atoms with Crippen LogP contribution in [-0.4, -0.2) is 42.1 Å². The fourth-order valence-electron chi connectivity index (χ4n) is 2.61. The summed E-state index contributed by atoms with van der Waals surface area (Å²) in [6.45, 7) is 0.538. The van der Waals surface area contributed by atoms with Gasteiger partial charge in [0.05, 0.1) is 34.1 Å². The van der Waals surface area contributed by atoms with Crippen molar-refractivity contribution in [3.63, 3.8) is 0 Å². The topological polar surface area (TPSA) is 75.5 Å². The van der Waals surface area contributed by atoms with Crippen molar-refractivity contribution in [2.45, 2.75) is 6.54 Å². The molecule has 3 aromatic rings. The second-order valence-corrected chi connectivity index (χ2v) is 5.53. The van der Waals surface area contributed by atoms with Crippen molar-refractivity contribution >= 4 is 5.78 Å². The first-order chi connectivity index (χ1) is 12.7. The Balaban J connectivity index is 1.88. The molecule has 0 unspecified atom stereocenters. The highest BCUT2D eigenvalue weighted by Gasteiger charge is 2.20. The number of benzene rings is 2. The van der Waals surface area contributed by atoms with Gasteiger partial charge in [-0.1, -0.05) is 35.5 Å². The lowest BCUT2D eigenvalue weighted by Gasteiger charge is -2.13. The normalized spacial score (nSPS) is 10.4. The lowest BCUT2D eigenvalue weighted by atomic mass is 10.1. The van der Waals surface area contributed by atoms with Gasteiger partial charge in [-0.15, -0.1) is 5.10 Å². The number of carbonyl (C=O) groups excluding carboxylic acids is 1. The van der Waals surface area contributed by atoms with Crippen LogP contribution in [0.4, 0.5) is 0 Å². The molecule has 0 atom stereocenters. The Hall–Kier alpha value is -3.35. The average molecular weight is 353 g/mol. The molecule has 2 aromatic carbocycles. The zero-order chi connectivity index (χ0) is 18.5. The van der Waals surface area contributed by atoms with Crippen LogP contribution in [0.2, 0.25) is 0 Å². The van der Waals surface area contributed by atoms with Gasteiger partial charge in [0, 0.05) is 5.56 Å². The summed E-state index contributed by atoms with van der Waals surface area (Å²) >= 11 is 0. The zero-order valence-corrected chi connectivity index (χ0v) is 14.8. The molecule has 7 nitrogen and oxygen atoms in total. The predicted octanol–water partition coefficient (Wildman–Crippen LogP) is 2.58. The minimum Gasteiger partial charge on any atom is -0.493 e. The van der Waals surface area contributed by atoms with Gasteiger partial charge in [-0.2, -0.15) is 0 Å². The van der Waals surface area contributed by atoms with Crippen molar-refractivity contribution in [1.82, 2.24) is 15.0 Å². The number of methoxy groups -OCH3 is 3. The van der Waals surface area contributed by atoms with Crippen molar-refractivity contribution < 1.29 is 19.0 Å². The number of carbonyl (C=O) groups is 1. The predicted molar refractivity (Wildman–Crippen MR) is 95.1 cm³/mol. The van der Waals surface area contributed by atoms with Crippen LogP contribution >= 0.6 is 0 Å². The molecule has 0 amide bonds. The number of hydrogen-bond acceptors (Lipinski definition) is 6. The maximum atomic E-state index is 12.8. The summed E-state index contributed by atoms with van der Waals surface area (Å²) in [4.78, 5) is 12.8. The summed E-state index contributed by atoms with van der Waals surface area (Å²) in [5, 5.41) is 8.03. The molecule has 1 heterocycles. The molecule has 0 aliphatic carbocycles. The molecular weight excluding hydrogens is 334 g/mol. The summed E-state index contributed by atoms with van der Waals surface area (Å²) in [7, 11) is 4.51. The smallest absolute Gasteiger partial charge is 0.215 e. The van der Waals surface area contributed by atoms with Crippen LogP contribution in [0.15, 0.2) is 48.7 Å². The summed E-state index contributed by atoms with van der Waals surface area (Å²) < 4.78 is 17.5. The first kappa shape index (κ1) is 17.5. The molecule has 7 heteroatoms. The van der Waals surface area contributed by atoms with Crippen LogP contribution in [-0.2, 0) is 6.54 Å². The van der Waals surface area contributed by atoms with E-state index in [4.69, 9.17) is 14.2 Å². The zero-order valence-electron chi connectivity index (χ0n) is 14.8. The Morgan fingerprint density at radius 2 is 1.65 bits per heavy atom. The third-order valence-corrected chi connectivity index (χ3v) is 3.89. The van der Waals surface area contributed by atoms with Crippen LogP contribution < -0.4 is 14.2 Å². The van der Waals surface area contributed by atoms with Gasteiger partial charge >= 0.3 is 0 Å². The van der Waals surface area contributed by atoms with E-state index in [0.29, 0.717) is 29.4 Å². The minimum atomic E-state index is -0.274. The van der Waals surface area contributed by atoms with Crippen molar-refractivity contribution in [1.29, 1.82) is 0 Å². The fourth-order valence-corrected chi connectivity index (χ4v) is 2.61. The van der Waals surface area contributed by atoms with Crippen LogP contribution in [0, 0.1) is 0 Å². The number of ether oxygens (including phenoxy) is 3. The van der Waals surface area contributed by atoms with E-state index in [0.717, 1.165) is 5.56 Å². The van der Waals surface area contributed by atoms with Gasteiger partial charge in [-0.25, -0.2) is 4.68 Å². The van der Waals surface area contributed by atoms with Gasteiger partial charge in [0.15, 0.2) is 17.2 Å². The molecule has 0 aliphatic rings. The maximum Gasteiger partial charge on any atom is 0.215 e. The Morgan fingerprint density at radius 3 is 2.23 bits per heavy atom. The maximum absolute atomic E-state index is 12.8. The molecule has 0 bridgehead atoms. The van der Waals surface area contributed by atoms with E-state index >= 15 is 0 Å². The van der Waals surface area contributed by atoms with E-state index in [1.54, 1.807) is 23.0 Å². The third-order valence-electron chi connectivity index (χ3n) is 3.89. The largest absolute Gasteiger partial charge is 0.493 e. The molecule has 0 spiro atoms. The van der Waals surface area contributed by atoms with E-state index in [-0.39, 0.29) is 11.5 Å². The molecule has 1 aromatic heterocycles. The molecule has 0 fully saturated rings. The van der Waals surface area contributed by atoms with Crippen molar-refractivity contribution in [2.24, 2.45) is 0 Å². The van der Waals surface area contributed by atoms with Gasteiger partial charge in [0.1, 0.15) is 0 Å². The molecule has 134 valence electrons. The molecule has 0 saturated heterocycles. The lowest BCUT2D eigenvalue weighted by Crippen LogP contribution is -2.05. The molecule has 0 radical (unpaired) electrons. The summed E-state index contributed by atoms with van der Waals surface area (Å²) in [5.41, 5.74) is 1.70. The van der Waals surface area contributed by atoms with E-state index in [1.807, 2.05) is 30.3 Å². The van der Waals surface area contributed by atoms with Crippen molar-refractivity contribution in [3.8, 4) is 17.2 Å². The van der Waals surface area contributed by atoms with Crippen molar-refractivity contribution in [3.05, 3.63) is 65.5 Å². The second kappa shape index (κ2) is 7.69. The molecule has 0 aliphatic heterocycles. The lowest BCUT2D eigenvalue weighted by molar-refractivity contribution is 0.103. The minimum absolute atomic E-state index is 0.246. The Kier molecular flexibility index (Phi) is 5.17. The first-order valence-corrected chi connectivity index (χ1v) is 7.95. The number of aromatic nitrogens is 3. The highest BCUT2D eigenvalue weighted by Crippen LogP contribution is 2.38. The van der Waals surface area contributed by atoms with Crippen LogP contribution in [0.5, 0.6) is 17.2 Å². The molecule has 26 heavy (non-hydrogen) atoms. The monoisotopic (exact) mass is 353 g/mol. The molecule has 3 rings (SSSR count). The summed E-state index contributed by atoms with van der Waals surface area (Å²) in [6, 6.07) is 13.0. The van der Waals surface area contributed by atoms with Gasteiger partial charge in [0.25, 0.3) is 0 Å². The third kappa shape index (κ3) is 3.51. The standard InChI is InChI=1S/C19H19N3O4/c1-24-16-9-14(10-17(25-2)19(16)26-3)18(23)15-12-22(21-20-15)11-13-7-5-4-6-8-13/h4-10,12H,11H2,1-3H3. The molecular formula is C19H19N3O4. The van der Waals surface area contributed by atoms with Crippen LogP contribution in [0.3, 0.4) is 0 Å². The highest BCUT2D eigenvalue weighted by molar-refractivity contribution is 6.08. The quantitative estimate of drug-likeness (QED) is 0.608. The van der Waals surface area contributed by atoms with Gasteiger partial charge in [-0.3, -0.25) is 4.79 Å². The number of hydrogen-bond donors (Lipinski definition) is 0. The Labute approximate surface area is 151 Å². The van der Waals surface area contributed by atoms with Crippen LogP contribution in [0.1, 0.15) is 21.6 Å². The first-order valence-electron chi connectivity index (χ1n) is 7.95. The van der Waals surface area contributed by atoms with Crippen molar-refractivity contribution in [2.75, 3.05) is 21.3 Å². The Bertz CT molecular complexity index is 881. The second-order valence-electron chi connectivity index (χ2n) is 5.53. The molecule has 0 N–H and O–H groups in total. The van der Waals surface area contributed by atoms with Crippen LogP contribution in [0.25, 0.3) is 0 Å². The number of ketones is 1. The number of rotatable bonds is 7. The van der Waals surface area contributed by atoms with E-state index in [2.05, 4.69) is 10.3 Å². The highest BCUT2D eigenvalue weighted by atomic mass is 16.5. The summed E-state index contributed by atoms with van der Waals surface area (Å²) in [6.07, 6.45) is 1.62. The van der Waals surface area contributed by atoms with E-state index < -0.39 is 0 Å². The van der Waals surface area contributed by atoms with E-state index in [9.17, 15) is 4.79 Å². The van der Waals surface area contributed by atoms with Gasteiger partial charge < -0.3 is 14.2 Å². The molecule has 0 saturated carbocycles.